The van der Waals surface area contributed by atoms with Gasteiger partial charge in [0.15, 0.2) is 6.10 Å². The predicted octanol–water partition coefficient (Wildman–Crippen LogP) is 4.35. The molecule has 20 heavy (non-hydrogen) atoms. The van der Waals surface area contributed by atoms with Gasteiger partial charge in [-0.1, -0.05) is 30.3 Å². The van der Waals surface area contributed by atoms with Gasteiger partial charge in [-0.05, 0) is 42.0 Å². The Balaban J connectivity index is 1.82. The lowest BCUT2D eigenvalue weighted by Gasteiger charge is -2.11. The molecule has 0 unspecified atom stereocenters. The van der Waals surface area contributed by atoms with Crippen LogP contribution in [0.5, 0.6) is 0 Å². The van der Waals surface area contributed by atoms with Crippen molar-refractivity contribution in [2.24, 2.45) is 0 Å². The van der Waals surface area contributed by atoms with E-state index in [0.717, 1.165) is 10.8 Å². The van der Waals surface area contributed by atoms with E-state index in [4.69, 9.17) is 9.15 Å². The molecule has 2 aromatic carbocycles. The molecule has 1 atom stereocenters. The maximum absolute atomic E-state index is 12.1. The molecule has 0 fully saturated rings. The van der Waals surface area contributed by atoms with E-state index in [-0.39, 0.29) is 5.97 Å². The number of esters is 1. The first-order valence-electron chi connectivity index (χ1n) is 6.47. The summed E-state index contributed by atoms with van der Waals surface area (Å²) in [5.74, 6) is 0.291. The van der Waals surface area contributed by atoms with Crippen LogP contribution in [0.1, 0.15) is 29.1 Å². The second kappa shape index (κ2) is 5.21. The molecule has 0 amide bonds. The van der Waals surface area contributed by atoms with Crippen molar-refractivity contribution >= 4 is 16.7 Å². The van der Waals surface area contributed by atoms with Gasteiger partial charge in [0.05, 0.1) is 11.8 Å². The first kappa shape index (κ1) is 12.5. The van der Waals surface area contributed by atoms with E-state index in [1.807, 2.05) is 36.4 Å². The molecule has 0 radical (unpaired) electrons. The van der Waals surface area contributed by atoms with E-state index in [2.05, 4.69) is 0 Å². The second-order valence-electron chi connectivity index (χ2n) is 4.62. The van der Waals surface area contributed by atoms with Gasteiger partial charge in [-0.3, -0.25) is 0 Å². The van der Waals surface area contributed by atoms with Crippen LogP contribution in [0.2, 0.25) is 0 Å². The van der Waals surface area contributed by atoms with E-state index in [1.54, 1.807) is 31.4 Å². The van der Waals surface area contributed by atoms with Crippen molar-refractivity contribution in [1.82, 2.24) is 0 Å². The molecule has 1 heterocycles. The van der Waals surface area contributed by atoms with Gasteiger partial charge in [0.25, 0.3) is 0 Å². The van der Waals surface area contributed by atoms with Crippen molar-refractivity contribution in [3.63, 3.8) is 0 Å². The van der Waals surface area contributed by atoms with E-state index < -0.39 is 6.10 Å². The van der Waals surface area contributed by atoms with Crippen molar-refractivity contribution in [2.45, 2.75) is 13.0 Å². The molecule has 100 valence electrons. The molecule has 3 rings (SSSR count). The topological polar surface area (TPSA) is 39.4 Å². The van der Waals surface area contributed by atoms with Gasteiger partial charge in [0, 0.05) is 0 Å². The fourth-order valence-electron chi connectivity index (χ4n) is 2.13. The molecule has 3 aromatic rings. The summed E-state index contributed by atoms with van der Waals surface area (Å²) in [4.78, 5) is 12.1. The molecule has 3 heteroatoms. The first-order chi connectivity index (χ1) is 9.74. The summed E-state index contributed by atoms with van der Waals surface area (Å²) in [7, 11) is 0. The van der Waals surface area contributed by atoms with Crippen LogP contribution in [-0.4, -0.2) is 5.97 Å². The highest BCUT2D eigenvalue weighted by Crippen LogP contribution is 2.21. The van der Waals surface area contributed by atoms with E-state index in [0.29, 0.717) is 11.3 Å². The van der Waals surface area contributed by atoms with Gasteiger partial charge < -0.3 is 9.15 Å². The van der Waals surface area contributed by atoms with Gasteiger partial charge in [0.2, 0.25) is 0 Å². The Morgan fingerprint density at radius 2 is 1.85 bits per heavy atom. The largest absolute Gasteiger partial charge is 0.465 e. The minimum Gasteiger partial charge on any atom is -0.465 e. The molecule has 0 saturated heterocycles. The molecule has 0 N–H and O–H groups in total. The zero-order valence-electron chi connectivity index (χ0n) is 11.1. The molecule has 0 aliphatic rings. The molecule has 3 nitrogen and oxygen atoms in total. The third-order valence-corrected chi connectivity index (χ3v) is 3.21. The number of hydrogen-bond donors (Lipinski definition) is 0. The lowest BCUT2D eigenvalue weighted by Crippen LogP contribution is -2.08. The predicted molar refractivity (Wildman–Crippen MR) is 76.5 cm³/mol. The fraction of sp³-hybridized carbons (Fsp3) is 0.118. The van der Waals surface area contributed by atoms with Crippen molar-refractivity contribution in [1.29, 1.82) is 0 Å². The maximum atomic E-state index is 12.1. The lowest BCUT2D eigenvalue weighted by molar-refractivity contribution is 0.0292. The van der Waals surface area contributed by atoms with Crippen molar-refractivity contribution in [3.8, 4) is 0 Å². The molecule has 0 saturated carbocycles. The average molecular weight is 266 g/mol. The van der Waals surface area contributed by atoms with Crippen LogP contribution in [0.3, 0.4) is 0 Å². The molecular weight excluding hydrogens is 252 g/mol. The third-order valence-electron chi connectivity index (χ3n) is 3.21. The third kappa shape index (κ3) is 2.43. The summed E-state index contributed by atoms with van der Waals surface area (Å²) in [6.07, 6.45) is 1.17. The van der Waals surface area contributed by atoms with Crippen LogP contribution < -0.4 is 0 Å². The number of benzene rings is 2. The minimum absolute atomic E-state index is 0.348. The zero-order chi connectivity index (χ0) is 13.9. The normalized spacial score (nSPS) is 12.2. The summed E-state index contributed by atoms with van der Waals surface area (Å²) in [6.45, 7) is 1.79. The van der Waals surface area contributed by atoms with Crippen LogP contribution in [-0.2, 0) is 4.74 Å². The number of carbonyl (C=O) groups is 1. The van der Waals surface area contributed by atoms with Crippen LogP contribution >= 0.6 is 0 Å². The highest BCUT2D eigenvalue weighted by molar-refractivity contribution is 5.95. The van der Waals surface area contributed by atoms with Crippen LogP contribution in [0.25, 0.3) is 10.8 Å². The van der Waals surface area contributed by atoms with Crippen LogP contribution in [0.15, 0.2) is 65.3 Å². The van der Waals surface area contributed by atoms with Gasteiger partial charge in [-0.15, -0.1) is 0 Å². The molecule has 0 aliphatic carbocycles. The number of furan rings is 1. The minimum atomic E-state index is -0.399. The highest BCUT2D eigenvalue weighted by atomic mass is 16.6. The summed E-state index contributed by atoms with van der Waals surface area (Å²) in [6, 6.07) is 17.0. The highest BCUT2D eigenvalue weighted by Gasteiger charge is 2.15. The Hall–Kier alpha value is -2.55. The summed E-state index contributed by atoms with van der Waals surface area (Å²) < 4.78 is 10.6. The second-order valence-corrected chi connectivity index (χ2v) is 4.62. The number of fused-ring (bicyclic) bond motifs is 1. The monoisotopic (exact) mass is 266 g/mol. The lowest BCUT2D eigenvalue weighted by atomic mass is 10.1. The summed E-state index contributed by atoms with van der Waals surface area (Å²) in [5.41, 5.74) is 0.544. The van der Waals surface area contributed by atoms with Gasteiger partial charge in [0.1, 0.15) is 5.76 Å². The Labute approximate surface area is 116 Å². The number of rotatable bonds is 3. The Bertz CT molecular complexity index is 729. The Morgan fingerprint density at radius 1 is 1.05 bits per heavy atom. The van der Waals surface area contributed by atoms with Crippen molar-refractivity contribution < 1.29 is 13.9 Å². The number of carbonyl (C=O) groups excluding carboxylic acids is 1. The van der Waals surface area contributed by atoms with E-state index in [9.17, 15) is 4.79 Å². The zero-order valence-corrected chi connectivity index (χ0v) is 11.1. The van der Waals surface area contributed by atoms with E-state index >= 15 is 0 Å². The Kier molecular flexibility index (Phi) is 3.25. The van der Waals surface area contributed by atoms with E-state index in [1.165, 1.54) is 0 Å². The molecular formula is C17H14O3. The fourth-order valence-corrected chi connectivity index (χ4v) is 2.13. The van der Waals surface area contributed by atoms with Crippen molar-refractivity contribution in [3.05, 3.63) is 72.2 Å². The summed E-state index contributed by atoms with van der Waals surface area (Å²) >= 11 is 0. The molecule has 0 aliphatic heterocycles. The van der Waals surface area contributed by atoms with Gasteiger partial charge in [-0.2, -0.15) is 0 Å². The number of hydrogen-bond acceptors (Lipinski definition) is 3. The van der Waals surface area contributed by atoms with Crippen LogP contribution in [0.4, 0.5) is 0 Å². The average Bonchev–Trinajstić information content (AvgIpc) is 3.01. The molecule has 1 aromatic heterocycles. The SMILES string of the molecule is C[C@@H](OC(=O)c1ccc2ccccc2c1)c1ccco1. The quantitative estimate of drug-likeness (QED) is 0.661. The standard InChI is InChI=1S/C17H14O3/c1-12(16-7-4-10-19-16)20-17(18)15-9-8-13-5-2-3-6-14(13)11-15/h2-12H,1H3/t12-/m1/s1. The Morgan fingerprint density at radius 3 is 2.60 bits per heavy atom. The molecule has 0 bridgehead atoms. The smallest absolute Gasteiger partial charge is 0.338 e. The molecule has 0 spiro atoms. The summed E-state index contributed by atoms with van der Waals surface area (Å²) in [5, 5.41) is 2.12. The maximum Gasteiger partial charge on any atom is 0.338 e. The first-order valence-corrected chi connectivity index (χ1v) is 6.47. The number of ether oxygens (including phenoxy) is 1. The van der Waals surface area contributed by atoms with Gasteiger partial charge in [-0.25, -0.2) is 4.79 Å². The van der Waals surface area contributed by atoms with Crippen LogP contribution in [0, 0.1) is 0 Å². The van der Waals surface area contributed by atoms with Crippen molar-refractivity contribution in [2.75, 3.05) is 0 Å². The van der Waals surface area contributed by atoms with Gasteiger partial charge >= 0.3 is 5.97 Å².